The number of nitrogens with zero attached hydrogens (tertiary/aromatic N) is 1. The van der Waals surface area contributed by atoms with Gasteiger partial charge < -0.3 is 10.3 Å². The highest BCUT2D eigenvalue weighted by molar-refractivity contribution is 7.15. The summed E-state index contributed by atoms with van der Waals surface area (Å²) in [6.07, 6.45) is 0. The molecular formula is C15H13ClN2OS. The Labute approximate surface area is 126 Å². The molecule has 0 aliphatic rings. The minimum atomic E-state index is 0.325. The van der Waals surface area contributed by atoms with E-state index >= 15 is 0 Å². The number of rotatable bonds is 2. The molecule has 3 aromatic rings. The van der Waals surface area contributed by atoms with Gasteiger partial charge in [-0.1, -0.05) is 28.9 Å². The summed E-state index contributed by atoms with van der Waals surface area (Å²) in [5.74, 6) is 0.325. The summed E-state index contributed by atoms with van der Waals surface area (Å²) in [7, 11) is 0. The third-order valence-corrected chi connectivity index (χ3v) is 4.66. The van der Waals surface area contributed by atoms with E-state index in [2.05, 4.69) is 25.1 Å². The molecule has 0 atom stereocenters. The fraction of sp³-hybridized carbons (Fsp3) is 0.133. The van der Waals surface area contributed by atoms with Crippen molar-refractivity contribution in [3.8, 4) is 21.7 Å². The molecule has 0 aliphatic carbocycles. The van der Waals surface area contributed by atoms with Crippen molar-refractivity contribution in [1.29, 1.82) is 0 Å². The Morgan fingerprint density at radius 3 is 2.50 bits per heavy atom. The lowest BCUT2D eigenvalue weighted by molar-refractivity contribution is 0.439. The number of aryl methyl sites for hydroxylation is 2. The van der Waals surface area contributed by atoms with Crippen LogP contribution in [0.2, 0.25) is 5.02 Å². The van der Waals surface area contributed by atoms with E-state index in [1.807, 2.05) is 24.3 Å². The molecule has 3 rings (SSSR count). The smallest absolute Gasteiger partial charge is 0.230 e. The van der Waals surface area contributed by atoms with E-state index in [4.69, 9.17) is 21.9 Å². The van der Waals surface area contributed by atoms with Crippen molar-refractivity contribution in [3.63, 3.8) is 0 Å². The van der Waals surface area contributed by atoms with E-state index in [-0.39, 0.29) is 0 Å². The van der Waals surface area contributed by atoms with Crippen LogP contribution in [-0.2, 0) is 0 Å². The fourth-order valence-electron chi connectivity index (χ4n) is 2.06. The summed E-state index contributed by atoms with van der Waals surface area (Å²) in [6, 6.07) is 9.61. The second-order valence-electron chi connectivity index (χ2n) is 4.63. The number of halogens is 1. The summed E-state index contributed by atoms with van der Waals surface area (Å²) in [4.78, 5) is 2.33. The van der Waals surface area contributed by atoms with Crippen molar-refractivity contribution in [3.05, 3.63) is 45.8 Å². The molecule has 0 bridgehead atoms. The molecule has 102 valence electrons. The zero-order chi connectivity index (χ0) is 14.3. The van der Waals surface area contributed by atoms with E-state index in [0.717, 1.165) is 21.7 Å². The van der Waals surface area contributed by atoms with Crippen LogP contribution in [0.15, 0.2) is 34.9 Å². The average molecular weight is 305 g/mol. The Bertz CT molecular complexity index is 739. The zero-order valence-electron chi connectivity index (χ0n) is 11.1. The van der Waals surface area contributed by atoms with Gasteiger partial charge in [0, 0.05) is 9.90 Å². The molecule has 0 radical (unpaired) electrons. The van der Waals surface area contributed by atoms with E-state index in [1.54, 1.807) is 11.3 Å². The largest absolute Gasteiger partial charge is 0.367 e. The Balaban J connectivity index is 2.16. The molecule has 3 nitrogen and oxygen atoms in total. The van der Waals surface area contributed by atoms with Crippen LogP contribution in [0.4, 0.5) is 5.88 Å². The molecule has 5 heteroatoms. The summed E-state index contributed by atoms with van der Waals surface area (Å²) in [5.41, 5.74) is 9.74. The SMILES string of the molecule is Cc1cc(-c2noc(N)c2-c2ccc(Cl)cc2)sc1C. The van der Waals surface area contributed by atoms with Gasteiger partial charge in [-0.05, 0) is 43.2 Å². The van der Waals surface area contributed by atoms with Crippen LogP contribution < -0.4 is 5.73 Å². The lowest BCUT2D eigenvalue weighted by Crippen LogP contribution is -1.86. The molecular weight excluding hydrogens is 292 g/mol. The van der Waals surface area contributed by atoms with Gasteiger partial charge in [-0.25, -0.2) is 0 Å². The second-order valence-corrected chi connectivity index (χ2v) is 6.32. The van der Waals surface area contributed by atoms with E-state index in [0.29, 0.717) is 10.9 Å². The van der Waals surface area contributed by atoms with Crippen molar-refractivity contribution in [2.45, 2.75) is 13.8 Å². The standard InChI is InChI=1S/C15H13ClN2OS/c1-8-7-12(20-9(8)2)14-13(15(17)19-18-14)10-3-5-11(16)6-4-10/h3-7H,17H2,1-2H3. The van der Waals surface area contributed by atoms with Crippen molar-refractivity contribution in [2.24, 2.45) is 0 Å². The van der Waals surface area contributed by atoms with Crippen LogP contribution in [0.5, 0.6) is 0 Å². The highest BCUT2D eigenvalue weighted by atomic mass is 35.5. The monoisotopic (exact) mass is 304 g/mol. The molecule has 0 saturated carbocycles. The van der Waals surface area contributed by atoms with E-state index < -0.39 is 0 Å². The van der Waals surface area contributed by atoms with Crippen LogP contribution in [0.25, 0.3) is 21.7 Å². The quantitative estimate of drug-likeness (QED) is 0.731. The number of hydrogen-bond donors (Lipinski definition) is 1. The Kier molecular flexibility index (Phi) is 3.28. The van der Waals surface area contributed by atoms with Gasteiger partial charge in [-0.3, -0.25) is 0 Å². The van der Waals surface area contributed by atoms with Gasteiger partial charge in [0.2, 0.25) is 5.88 Å². The third kappa shape index (κ3) is 2.21. The van der Waals surface area contributed by atoms with Crippen LogP contribution >= 0.6 is 22.9 Å². The Hall–Kier alpha value is -1.78. The van der Waals surface area contributed by atoms with Gasteiger partial charge in [-0.2, -0.15) is 0 Å². The number of benzene rings is 1. The second kappa shape index (κ2) is 4.96. The van der Waals surface area contributed by atoms with Gasteiger partial charge >= 0.3 is 0 Å². The molecule has 0 unspecified atom stereocenters. The molecule has 0 spiro atoms. The summed E-state index contributed by atoms with van der Waals surface area (Å²) in [5, 5.41) is 4.80. The maximum atomic E-state index is 5.94. The first-order valence-corrected chi connectivity index (χ1v) is 7.34. The maximum absolute atomic E-state index is 5.94. The number of anilines is 1. The van der Waals surface area contributed by atoms with Crippen LogP contribution in [0, 0.1) is 13.8 Å². The minimum absolute atomic E-state index is 0.325. The average Bonchev–Trinajstić information content (AvgIpc) is 2.95. The van der Waals surface area contributed by atoms with Gasteiger partial charge in [0.05, 0.1) is 10.4 Å². The van der Waals surface area contributed by atoms with E-state index in [9.17, 15) is 0 Å². The molecule has 2 N–H and O–H groups in total. The highest BCUT2D eigenvalue weighted by Crippen LogP contribution is 2.40. The summed E-state index contributed by atoms with van der Waals surface area (Å²) < 4.78 is 5.19. The lowest BCUT2D eigenvalue weighted by Gasteiger charge is -2.01. The maximum Gasteiger partial charge on any atom is 0.230 e. The van der Waals surface area contributed by atoms with E-state index in [1.165, 1.54) is 10.4 Å². The van der Waals surface area contributed by atoms with Crippen LogP contribution in [0.1, 0.15) is 10.4 Å². The lowest BCUT2D eigenvalue weighted by atomic mass is 10.0. The third-order valence-electron chi connectivity index (χ3n) is 3.25. The number of hydrogen-bond acceptors (Lipinski definition) is 4. The minimum Gasteiger partial charge on any atom is -0.367 e. The molecule has 0 saturated heterocycles. The predicted molar refractivity (Wildman–Crippen MR) is 84.1 cm³/mol. The summed E-state index contributed by atoms with van der Waals surface area (Å²) >= 11 is 7.61. The molecule has 0 amide bonds. The van der Waals surface area contributed by atoms with Gasteiger partial charge in [0.1, 0.15) is 5.69 Å². The van der Waals surface area contributed by atoms with Gasteiger partial charge in [0.25, 0.3) is 0 Å². The molecule has 20 heavy (non-hydrogen) atoms. The highest BCUT2D eigenvalue weighted by Gasteiger charge is 2.19. The Morgan fingerprint density at radius 2 is 1.90 bits per heavy atom. The van der Waals surface area contributed by atoms with Crippen LogP contribution in [0.3, 0.4) is 0 Å². The first kappa shape index (κ1) is 13.2. The molecule has 2 heterocycles. The van der Waals surface area contributed by atoms with Crippen molar-refractivity contribution in [1.82, 2.24) is 5.16 Å². The normalized spacial score (nSPS) is 10.9. The van der Waals surface area contributed by atoms with Crippen LogP contribution in [-0.4, -0.2) is 5.16 Å². The molecule has 1 aromatic carbocycles. The number of aromatic nitrogens is 1. The van der Waals surface area contributed by atoms with Crippen molar-refractivity contribution in [2.75, 3.05) is 5.73 Å². The van der Waals surface area contributed by atoms with Crippen molar-refractivity contribution < 1.29 is 4.52 Å². The number of nitrogen functional groups attached to an aromatic ring is 1. The predicted octanol–water partition coefficient (Wildman–Crippen LogP) is 4.92. The Morgan fingerprint density at radius 1 is 1.20 bits per heavy atom. The first-order chi connectivity index (χ1) is 9.56. The first-order valence-electron chi connectivity index (χ1n) is 6.14. The van der Waals surface area contributed by atoms with Crippen molar-refractivity contribution >= 4 is 28.8 Å². The molecule has 0 fully saturated rings. The fourth-order valence-corrected chi connectivity index (χ4v) is 3.20. The molecule has 0 aliphatic heterocycles. The summed E-state index contributed by atoms with van der Waals surface area (Å²) in [6.45, 7) is 4.18. The topological polar surface area (TPSA) is 52.0 Å². The molecule has 2 aromatic heterocycles. The van der Waals surface area contributed by atoms with Gasteiger partial charge in [-0.15, -0.1) is 11.3 Å². The van der Waals surface area contributed by atoms with Gasteiger partial charge in [0.15, 0.2) is 0 Å². The number of nitrogens with two attached hydrogens (primary N) is 1. The zero-order valence-corrected chi connectivity index (χ0v) is 12.7. The number of thiophene rings is 1.